The first-order valence-corrected chi connectivity index (χ1v) is 16.0. The van der Waals surface area contributed by atoms with Gasteiger partial charge in [-0.2, -0.15) is 0 Å². The average Bonchev–Trinajstić information content (AvgIpc) is 3.75. The number of carboxylic acids is 1. The molecule has 7 rings (SSSR count). The van der Waals surface area contributed by atoms with Crippen LogP contribution in [0.4, 0.5) is 5.69 Å². The summed E-state index contributed by atoms with van der Waals surface area (Å²) in [5.41, 5.74) is 4.45. The van der Waals surface area contributed by atoms with Crippen molar-refractivity contribution in [3.8, 4) is 21.8 Å². The molecule has 2 aliphatic carbocycles. The number of fused-ring (bicyclic) bond motifs is 5. The Labute approximate surface area is 249 Å². The lowest BCUT2D eigenvalue weighted by molar-refractivity contribution is -0.123. The molecule has 3 heterocycles. The Morgan fingerprint density at radius 1 is 1.00 bits per heavy atom. The van der Waals surface area contributed by atoms with Gasteiger partial charge in [0, 0.05) is 28.5 Å². The van der Waals surface area contributed by atoms with Gasteiger partial charge in [0.1, 0.15) is 10.7 Å². The third-order valence-electron chi connectivity index (χ3n) is 9.55. The molecule has 0 spiro atoms. The molecule has 2 aromatic heterocycles. The summed E-state index contributed by atoms with van der Waals surface area (Å²) < 4.78 is 1.96. The van der Waals surface area contributed by atoms with Gasteiger partial charge < -0.3 is 14.6 Å². The lowest BCUT2D eigenvalue weighted by Crippen LogP contribution is -2.40. The predicted octanol–water partition coefficient (Wildman–Crippen LogP) is 7.68. The van der Waals surface area contributed by atoms with E-state index in [-0.39, 0.29) is 29.0 Å². The summed E-state index contributed by atoms with van der Waals surface area (Å²) in [6.45, 7) is 3.02. The van der Waals surface area contributed by atoms with E-state index >= 15 is 0 Å². The maximum Gasteiger partial charge on any atom is 0.348 e. The van der Waals surface area contributed by atoms with Gasteiger partial charge in [-0.15, -0.1) is 11.3 Å². The van der Waals surface area contributed by atoms with Gasteiger partial charge in [0.25, 0.3) is 0 Å². The molecule has 1 aliphatic heterocycles. The van der Waals surface area contributed by atoms with Crippen molar-refractivity contribution >= 4 is 45.7 Å². The molecule has 1 amide bonds. The third-order valence-corrected chi connectivity index (χ3v) is 10.7. The van der Waals surface area contributed by atoms with Gasteiger partial charge in [0.05, 0.1) is 23.3 Å². The zero-order valence-electron chi connectivity index (χ0n) is 23.8. The number of aromatic carboxylic acids is 1. The van der Waals surface area contributed by atoms with Crippen molar-refractivity contribution in [3.63, 3.8) is 0 Å². The summed E-state index contributed by atoms with van der Waals surface area (Å²) in [5, 5.41) is 10.3. The van der Waals surface area contributed by atoms with Crippen LogP contribution in [0, 0.1) is 17.8 Å². The van der Waals surface area contributed by atoms with Gasteiger partial charge in [0.15, 0.2) is 5.78 Å². The second-order valence-corrected chi connectivity index (χ2v) is 13.4. The van der Waals surface area contributed by atoms with Crippen LogP contribution in [0.5, 0.6) is 0 Å². The number of carboxylic acid groups (broad SMARTS) is 1. The number of hydrogen-bond acceptors (Lipinski definition) is 5. The molecule has 2 aromatic carbocycles. The summed E-state index contributed by atoms with van der Waals surface area (Å²) in [6.07, 6.45) is 8.24. The molecule has 42 heavy (non-hydrogen) atoms. The van der Waals surface area contributed by atoms with Crippen molar-refractivity contribution in [2.75, 3.05) is 11.4 Å². The Balaban J connectivity index is 1.27. The standard InChI is InChI=1S/C34H35N3O4S/c1-20-10-12-22(13-11-20)33(39)37(18-21-6-2-3-7-21)28-17-30(42-31(28)34(40)41)23-14-15-24-25(16-23)29(38)19-36-27-9-5-4-8-26(27)35-32(24)36/h4-5,8-9,14-17,20-22H,2-3,6-7,10-13,18-19H2,1H3,(H,40,41). The second kappa shape index (κ2) is 10.8. The van der Waals surface area contributed by atoms with Gasteiger partial charge in [-0.1, -0.05) is 38.0 Å². The molecule has 216 valence electrons. The van der Waals surface area contributed by atoms with E-state index in [4.69, 9.17) is 4.98 Å². The minimum Gasteiger partial charge on any atom is -0.477 e. The first-order chi connectivity index (χ1) is 20.4. The van der Waals surface area contributed by atoms with Crippen molar-refractivity contribution in [2.24, 2.45) is 17.8 Å². The molecule has 0 bridgehead atoms. The Morgan fingerprint density at radius 2 is 1.76 bits per heavy atom. The maximum absolute atomic E-state index is 14.0. The van der Waals surface area contributed by atoms with E-state index in [0.717, 1.165) is 84.2 Å². The van der Waals surface area contributed by atoms with E-state index < -0.39 is 5.97 Å². The Hall–Kier alpha value is -3.78. The molecule has 0 saturated heterocycles. The third kappa shape index (κ3) is 4.75. The normalized spacial score (nSPS) is 20.5. The van der Waals surface area contributed by atoms with E-state index in [1.807, 2.05) is 58.0 Å². The van der Waals surface area contributed by atoms with Crippen LogP contribution >= 0.6 is 11.3 Å². The fraction of sp³-hybridized carbons (Fsp3) is 0.412. The highest BCUT2D eigenvalue weighted by Crippen LogP contribution is 2.42. The molecule has 0 radical (unpaired) electrons. The number of ketones is 1. The smallest absolute Gasteiger partial charge is 0.348 e. The highest BCUT2D eigenvalue weighted by molar-refractivity contribution is 7.18. The molecule has 0 unspecified atom stereocenters. The number of anilines is 1. The quantitative estimate of drug-likeness (QED) is 0.252. The van der Waals surface area contributed by atoms with Gasteiger partial charge in [-0.3, -0.25) is 9.59 Å². The van der Waals surface area contributed by atoms with Crippen LogP contribution < -0.4 is 4.90 Å². The Morgan fingerprint density at radius 3 is 2.52 bits per heavy atom. The molecule has 7 nitrogen and oxygen atoms in total. The summed E-state index contributed by atoms with van der Waals surface area (Å²) in [5.74, 6) is 0.775. The Bertz CT molecular complexity index is 1700. The Kier molecular flexibility index (Phi) is 6.97. The van der Waals surface area contributed by atoms with E-state index in [2.05, 4.69) is 6.92 Å². The number of carbonyl (C=O) groups excluding carboxylic acids is 2. The van der Waals surface area contributed by atoms with Crippen molar-refractivity contribution in [1.29, 1.82) is 0 Å². The number of thiophene rings is 1. The second-order valence-electron chi connectivity index (χ2n) is 12.4. The monoisotopic (exact) mass is 581 g/mol. The number of amides is 1. The van der Waals surface area contributed by atoms with Crippen molar-refractivity contribution < 1.29 is 19.5 Å². The zero-order chi connectivity index (χ0) is 29.0. The van der Waals surface area contributed by atoms with E-state index in [0.29, 0.717) is 29.6 Å². The lowest BCUT2D eigenvalue weighted by Gasteiger charge is -2.32. The number of nitrogens with zero attached hydrogens (tertiary/aromatic N) is 3. The number of imidazole rings is 1. The number of aromatic nitrogens is 2. The summed E-state index contributed by atoms with van der Waals surface area (Å²) in [4.78, 5) is 47.5. The first-order valence-electron chi connectivity index (χ1n) is 15.2. The molecular formula is C34H35N3O4S. The van der Waals surface area contributed by atoms with Crippen LogP contribution in [0.25, 0.3) is 32.9 Å². The van der Waals surface area contributed by atoms with Crippen LogP contribution in [0.3, 0.4) is 0 Å². The van der Waals surface area contributed by atoms with E-state index in [1.165, 1.54) is 11.3 Å². The minimum atomic E-state index is -1.02. The number of benzene rings is 2. The molecule has 4 aromatic rings. The summed E-state index contributed by atoms with van der Waals surface area (Å²) >= 11 is 1.19. The van der Waals surface area contributed by atoms with Gasteiger partial charge >= 0.3 is 5.97 Å². The summed E-state index contributed by atoms with van der Waals surface area (Å²) in [6, 6.07) is 15.4. The van der Waals surface area contributed by atoms with Crippen LogP contribution in [0.2, 0.25) is 0 Å². The molecular weight excluding hydrogens is 546 g/mol. The maximum atomic E-state index is 14.0. The molecule has 3 aliphatic rings. The highest BCUT2D eigenvalue weighted by Gasteiger charge is 2.34. The molecule has 1 N–H and O–H groups in total. The van der Waals surface area contributed by atoms with Crippen LogP contribution in [0.15, 0.2) is 48.5 Å². The van der Waals surface area contributed by atoms with E-state index in [1.54, 1.807) is 0 Å². The number of rotatable bonds is 6. The molecule has 2 saturated carbocycles. The average molecular weight is 582 g/mol. The van der Waals surface area contributed by atoms with Crippen LogP contribution in [-0.2, 0) is 11.3 Å². The lowest BCUT2D eigenvalue weighted by atomic mass is 9.82. The van der Waals surface area contributed by atoms with Crippen molar-refractivity contribution in [3.05, 3.63) is 59.0 Å². The van der Waals surface area contributed by atoms with Crippen molar-refractivity contribution in [2.45, 2.75) is 64.8 Å². The number of hydrogen-bond donors (Lipinski definition) is 1. The van der Waals surface area contributed by atoms with Gasteiger partial charge in [0.2, 0.25) is 5.91 Å². The summed E-state index contributed by atoms with van der Waals surface area (Å²) in [7, 11) is 0. The fourth-order valence-electron chi connectivity index (χ4n) is 7.16. The van der Waals surface area contributed by atoms with Crippen LogP contribution in [0.1, 0.15) is 78.3 Å². The van der Waals surface area contributed by atoms with Crippen molar-refractivity contribution in [1.82, 2.24) is 9.55 Å². The molecule has 0 atom stereocenters. The SMILES string of the molecule is CC1CCC(C(=O)N(CC2CCCC2)c2cc(-c3ccc4c(c3)C(=O)Cn3c-4nc4ccccc43)sc2C(=O)O)CC1. The van der Waals surface area contributed by atoms with E-state index in [9.17, 15) is 19.5 Å². The number of para-hydroxylation sites is 2. The largest absolute Gasteiger partial charge is 0.477 e. The fourth-order valence-corrected chi connectivity index (χ4v) is 8.15. The zero-order valence-corrected chi connectivity index (χ0v) is 24.7. The number of carbonyl (C=O) groups is 3. The molecule has 2 fully saturated rings. The minimum absolute atomic E-state index is 0.00213. The number of Topliss-reactive ketones (excluding diaryl/α,β-unsaturated/α-hetero) is 1. The highest BCUT2D eigenvalue weighted by atomic mass is 32.1. The van der Waals surface area contributed by atoms with Gasteiger partial charge in [-0.05, 0) is 86.3 Å². The molecule has 8 heteroatoms. The van der Waals surface area contributed by atoms with Gasteiger partial charge in [-0.25, -0.2) is 9.78 Å². The van der Waals surface area contributed by atoms with Crippen LogP contribution in [-0.4, -0.2) is 38.9 Å². The topological polar surface area (TPSA) is 92.5 Å². The predicted molar refractivity (Wildman–Crippen MR) is 165 cm³/mol. The first kappa shape index (κ1) is 27.1.